The molecule has 1 aromatic rings. The van der Waals surface area contributed by atoms with Gasteiger partial charge in [-0.25, -0.2) is 4.98 Å². The molecule has 0 aliphatic carbocycles. The van der Waals surface area contributed by atoms with Crippen LogP contribution in [0.4, 0.5) is 10.1 Å². The molecule has 2 fully saturated rings. The molecule has 3 heterocycles. The van der Waals surface area contributed by atoms with Gasteiger partial charge in [-0.05, 0) is 11.3 Å². The zero-order chi connectivity index (χ0) is 12.6. The van der Waals surface area contributed by atoms with E-state index in [1.165, 1.54) is 6.20 Å². The molecule has 1 spiro atoms. The highest BCUT2D eigenvalue weighted by atomic mass is 32.1. The third-order valence-electron chi connectivity index (χ3n) is 3.27. The average Bonchev–Trinajstić information content (AvgIpc) is 3.00. The van der Waals surface area contributed by atoms with E-state index in [1.54, 1.807) is 0 Å². The van der Waals surface area contributed by atoms with E-state index in [-0.39, 0.29) is 5.00 Å². The molecule has 98 valence electrons. The Kier molecular flexibility index (Phi) is 2.92. The lowest BCUT2D eigenvalue weighted by Gasteiger charge is -2.37. The van der Waals surface area contributed by atoms with Gasteiger partial charge in [0.05, 0.1) is 18.1 Å². The maximum Gasteiger partial charge on any atom is 0.345 e. The van der Waals surface area contributed by atoms with Crippen LogP contribution in [0.25, 0.3) is 0 Å². The largest absolute Gasteiger partial charge is 0.347 e. The zero-order valence-electron chi connectivity index (χ0n) is 9.70. The standard InChI is InChI=1S/C10H13N3O4S/c14-13(15)8-7-11-9(18-8)12-3-1-10(2-4-12)16-5-6-17-10/h7H,1-6H2. The topological polar surface area (TPSA) is 77.7 Å². The second-order valence-electron chi connectivity index (χ2n) is 4.33. The Bertz CT molecular complexity index is 448. The Morgan fingerprint density at radius 1 is 1.39 bits per heavy atom. The van der Waals surface area contributed by atoms with Crippen LogP contribution in [0.3, 0.4) is 0 Å². The number of hydrogen-bond donors (Lipinski definition) is 0. The number of ether oxygens (including phenoxy) is 2. The van der Waals surface area contributed by atoms with Crippen molar-refractivity contribution in [2.24, 2.45) is 0 Å². The summed E-state index contributed by atoms with van der Waals surface area (Å²) < 4.78 is 11.3. The molecule has 0 amide bonds. The first kappa shape index (κ1) is 11.8. The number of aromatic nitrogens is 1. The summed E-state index contributed by atoms with van der Waals surface area (Å²) >= 11 is 1.11. The average molecular weight is 271 g/mol. The van der Waals surface area contributed by atoms with Crippen molar-refractivity contribution in [1.82, 2.24) is 4.98 Å². The molecule has 1 aromatic heterocycles. The lowest BCUT2D eigenvalue weighted by atomic mass is 10.0. The summed E-state index contributed by atoms with van der Waals surface area (Å²) in [6.07, 6.45) is 2.87. The van der Waals surface area contributed by atoms with Crippen LogP contribution in [0.15, 0.2) is 6.20 Å². The predicted octanol–water partition coefficient (Wildman–Crippen LogP) is 1.39. The number of thiazole rings is 1. The van der Waals surface area contributed by atoms with E-state index in [1.807, 2.05) is 4.90 Å². The number of anilines is 1. The van der Waals surface area contributed by atoms with Gasteiger partial charge >= 0.3 is 5.00 Å². The van der Waals surface area contributed by atoms with Crippen molar-refractivity contribution >= 4 is 21.5 Å². The first-order valence-electron chi connectivity index (χ1n) is 5.82. The SMILES string of the molecule is O=[N+]([O-])c1cnc(N2CCC3(CC2)OCCO3)s1. The van der Waals surface area contributed by atoms with Crippen molar-refractivity contribution in [3.05, 3.63) is 16.3 Å². The summed E-state index contributed by atoms with van der Waals surface area (Å²) in [4.78, 5) is 16.4. The summed E-state index contributed by atoms with van der Waals surface area (Å²) in [5.41, 5.74) is 0. The fourth-order valence-corrected chi connectivity index (χ4v) is 3.10. The summed E-state index contributed by atoms with van der Waals surface area (Å²) in [5, 5.41) is 11.4. The van der Waals surface area contributed by atoms with E-state index in [2.05, 4.69) is 4.98 Å². The second kappa shape index (κ2) is 4.45. The van der Waals surface area contributed by atoms with Crippen LogP contribution in [0.2, 0.25) is 0 Å². The van der Waals surface area contributed by atoms with Crippen molar-refractivity contribution < 1.29 is 14.4 Å². The Morgan fingerprint density at radius 3 is 2.61 bits per heavy atom. The molecule has 2 aliphatic heterocycles. The number of nitro groups is 1. The van der Waals surface area contributed by atoms with Gasteiger partial charge in [0.25, 0.3) is 0 Å². The highest BCUT2D eigenvalue weighted by molar-refractivity contribution is 7.18. The van der Waals surface area contributed by atoms with Gasteiger partial charge in [0, 0.05) is 25.9 Å². The van der Waals surface area contributed by atoms with E-state index in [0.717, 1.165) is 37.3 Å². The molecule has 7 nitrogen and oxygen atoms in total. The molecular weight excluding hydrogens is 258 g/mol. The number of piperidine rings is 1. The maximum atomic E-state index is 10.6. The Labute approximate surface area is 107 Å². The Morgan fingerprint density at radius 2 is 2.06 bits per heavy atom. The van der Waals surface area contributed by atoms with Gasteiger partial charge in [0.1, 0.15) is 6.20 Å². The van der Waals surface area contributed by atoms with Gasteiger partial charge in [-0.2, -0.15) is 0 Å². The minimum absolute atomic E-state index is 0.0821. The number of rotatable bonds is 2. The van der Waals surface area contributed by atoms with Crippen LogP contribution in [0, 0.1) is 10.1 Å². The normalized spacial score (nSPS) is 22.6. The first-order chi connectivity index (χ1) is 8.69. The smallest absolute Gasteiger partial charge is 0.345 e. The van der Waals surface area contributed by atoms with E-state index in [9.17, 15) is 10.1 Å². The Balaban J connectivity index is 1.66. The minimum Gasteiger partial charge on any atom is -0.347 e. The van der Waals surface area contributed by atoms with Crippen LogP contribution >= 0.6 is 11.3 Å². The molecule has 0 aromatic carbocycles. The first-order valence-corrected chi connectivity index (χ1v) is 6.63. The van der Waals surface area contributed by atoms with Crippen LogP contribution in [-0.2, 0) is 9.47 Å². The van der Waals surface area contributed by atoms with Crippen molar-refractivity contribution in [3.8, 4) is 0 Å². The van der Waals surface area contributed by atoms with Crippen molar-refractivity contribution in [2.75, 3.05) is 31.2 Å². The van der Waals surface area contributed by atoms with Crippen molar-refractivity contribution in [2.45, 2.75) is 18.6 Å². The van der Waals surface area contributed by atoms with Gasteiger partial charge in [-0.3, -0.25) is 10.1 Å². The summed E-state index contributed by atoms with van der Waals surface area (Å²) in [6, 6.07) is 0. The van der Waals surface area contributed by atoms with Gasteiger partial charge < -0.3 is 14.4 Å². The molecule has 8 heteroatoms. The zero-order valence-corrected chi connectivity index (χ0v) is 10.5. The van der Waals surface area contributed by atoms with Gasteiger partial charge in [0.15, 0.2) is 10.9 Å². The van der Waals surface area contributed by atoms with Crippen LogP contribution < -0.4 is 4.90 Å². The lowest BCUT2D eigenvalue weighted by molar-refractivity contribution is -0.380. The quantitative estimate of drug-likeness (QED) is 0.597. The summed E-state index contributed by atoms with van der Waals surface area (Å²) in [6.45, 7) is 2.82. The van der Waals surface area contributed by atoms with Crippen LogP contribution in [-0.4, -0.2) is 42.0 Å². The summed E-state index contributed by atoms with van der Waals surface area (Å²) in [5.74, 6) is -0.417. The van der Waals surface area contributed by atoms with Gasteiger partial charge in [0.2, 0.25) is 0 Å². The molecule has 2 aliphatic rings. The van der Waals surface area contributed by atoms with Crippen LogP contribution in [0.5, 0.6) is 0 Å². The molecule has 0 N–H and O–H groups in total. The number of nitrogens with zero attached hydrogens (tertiary/aromatic N) is 3. The second-order valence-corrected chi connectivity index (χ2v) is 5.32. The monoisotopic (exact) mass is 271 g/mol. The molecule has 0 unspecified atom stereocenters. The highest BCUT2D eigenvalue weighted by Gasteiger charge is 2.40. The predicted molar refractivity (Wildman–Crippen MR) is 64.9 cm³/mol. The summed E-state index contributed by atoms with van der Waals surface area (Å²) in [7, 11) is 0. The fourth-order valence-electron chi connectivity index (χ4n) is 2.31. The molecule has 18 heavy (non-hydrogen) atoms. The third kappa shape index (κ3) is 2.06. The van der Waals surface area contributed by atoms with E-state index < -0.39 is 10.7 Å². The maximum absolute atomic E-state index is 10.6. The molecular formula is C10H13N3O4S. The molecule has 3 rings (SSSR count). The van der Waals surface area contributed by atoms with Gasteiger partial charge in [-0.15, -0.1) is 0 Å². The van der Waals surface area contributed by atoms with E-state index >= 15 is 0 Å². The Hall–Kier alpha value is -1.25. The molecule has 2 saturated heterocycles. The van der Waals surface area contributed by atoms with Crippen LogP contribution in [0.1, 0.15) is 12.8 Å². The number of hydrogen-bond acceptors (Lipinski definition) is 7. The molecule has 0 saturated carbocycles. The highest BCUT2D eigenvalue weighted by Crippen LogP contribution is 2.35. The lowest BCUT2D eigenvalue weighted by Crippen LogP contribution is -2.45. The van der Waals surface area contributed by atoms with E-state index in [4.69, 9.17) is 9.47 Å². The van der Waals surface area contributed by atoms with Crippen molar-refractivity contribution in [1.29, 1.82) is 0 Å². The third-order valence-corrected chi connectivity index (χ3v) is 4.28. The molecule has 0 bridgehead atoms. The minimum atomic E-state index is -0.417. The van der Waals surface area contributed by atoms with Crippen molar-refractivity contribution in [3.63, 3.8) is 0 Å². The molecule has 0 radical (unpaired) electrons. The van der Waals surface area contributed by atoms with Gasteiger partial charge in [-0.1, -0.05) is 0 Å². The van der Waals surface area contributed by atoms with E-state index in [0.29, 0.717) is 18.3 Å². The fraction of sp³-hybridized carbons (Fsp3) is 0.700. The molecule has 0 atom stereocenters.